The summed E-state index contributed by atoms with van der Waals surface area (Å²) in [6.07, 6.45) is 4.27. The molecule has 1 aromatic rings. The normalized spacial score (nSPS) is 8.86. The molecule has 168 valence electrons. The second-order valence-electron chi connectivity index (χ2n) is 4.30. The molecule has 0 heterocycles. The highest BCUT2D eigenvalue weighted by atomic mass is 35.5. The summed E-state index contributed by atoms with van der Waals surface area (Å²) in [4.78, 5) is 11.5. The van der Waals surface area contributed by atoms with Crippen LogP contribution in [0, 0.1) is 5.41 Å². The van der Waals surface area contributed by atoms with Crippen molar-refractivity contribution in [3.05, 3.63) is 54.1 Å². The molecule has 0 aliphatic carbocycles. The van der Waals surface area contributed by atoms with Crippen LogP contribution in [0.15, 0.2) is 48.5 Å². The van der Waals surface area contributed by atoms with Gasteiger partial charge in [0.1, 0.15) is 5.71 Å². The van der Waals surface area contributed by atoms with Gasteiger partial charge in [-0.15, -0.1) is 18.2 Å². The zero-order valence-corrected chi connectivity index (χ0v) is 20.7. The summed E-state index contributed by atoms with van der Waals surface area (Å²) in [6.45, 7) is 13.2. The monoisotopic (exact) mass is 467 g/mol. The van der Waals surface area contributed by atoms with Crippen LogP contribution in [0.5, 0.6) is 0 Å². The van der Waals surface area contributed by atoms with E-state index in [-0.39, 0.29) is 0 Å². The SMILES string of the molecule is C=CC.CC.CC.CNc1ccccc1C(=N)C(=O)NS(C)(=O)=O.Cl/C=C/CCl. The topological polar surface area (TPSA) is 99.1 Å². The highest BCUT2D eigenvalue weighted by Crippen LogP contribution is 2.14. The van der Waals surface area contributed by atoms with E-state index < -0.39 is 21.6 Å². The third-order valence-electron chi connectivity index (χ3n) is 2.15. The number of anilines is 1. The maximum Gasteiger partial charge on any atom is 0.283 e. The number of hydrogen-bond donors (Lipinski definition) is 3. The summed E-state index contributed by atoms with van der Waals surface area (Å²) in [5.74, 6) is -0.445. The lowest BCUT2D eigenvalue weighted by molar-refractivity contribution is -0.113. The van der Waals surface area contributed by atoms with Gasteiger partial charge in [0.2, 0.25) is 10.0 Å². The molecular formula is C20H35Cl2N3O3S. The number of carbonyl (C=O) groups is 1. The van der Waals surface area contributed by atoms with Crippen molar-refractivity contribution >= 4 is 50.5 Å². The van der Waals surface area contributed by atoms with E-state index in [1.165, 1.54) is 5.54 Å². The Morgan fingerprint density at radius 1 is 1.21 bits per heavy atom. The van der Waals surface area contributed by atoms with Gasteiger partial charge in [-0.1, -0.05) is 69.6 Å². The number of benzene rings is 1. The summed E-state index contributed by atoms with van der Waals surface area (Å²) < 4.78 is 23.5. The number of carbonyl (C=O) groups excluding carboxylic acids is 1. The summed E-state index contributed by atoms with van der Waals surface area (Å²) >= 11 is 10.2. The number of allylic oxidation sites excluding steroid dienone is 2. The molecule has 29 heavy (non-hydrogen) atoms. The summed E-state index contributed by atoms with van der Waals surface area (Å²) in [5.41, 5.74) is 1.92. The molecule has 0 spiro atoms. The third kappa shape index (κ3) is 22.3. The van der Waals surface area contributed by atoms with Gasteiger partial charge in [0.15, 0.2) is 0 Å². The van der Waals surface area contributed by atoms with Gasteiger partial charge >= 0.3 is 0 Å². The van der Waals surface area contributed by atoms with Gasteiger partial charge in [-0.2, -0.15) is 0 Å². The highest BCUT2D eigenvalue weighted by molar-refractivity contribution is 7.89. The van der Waals surface area contributed by atoms with Crippen molar-refractivity contribution in [1.82, 2.24) is 4.72 Å². The average Bonchev–Trinajstić information content (AvgIpc) is 2.71. The van der Waals surface area contributed by atoms with E-state index in [0.29, 0.717) is 17.1 Å². The van der Waals surface area contributed by atoms with Crippen molar-refractivity contribution in [3.63, 3.8) is 0 Å². The Morgan fingerprint density at radius 3 is 1.97 bits per heavy atom. The van der Waals surface area contributed by atoms with E-state index in [1.807, 2.05) is 34.6 Å². The Balaban J connectivity index is -0.000000217. The first kappa shape index (κ1) is 34.7. The second-order valence-corrected chi connectivity index (χ2v) is 6.61. The van der Waals surface area contributed by atoms with Crippen LogP contribution >= 0.6 is 23.2 Å². The molecule has 0 atom stereocenters. The van der Waals surface area contributed by atoms with Crippen molar-refractivity contribution in [3.8, 4) is 0 Å². The van der Waals surface area contributed by atoms with Crippen LogP contribution in [0.4, 0.5) is 5.69 Å². The number of halogens is 2. The summed E-state index contributed by atoms with van der Waals surface area (Å²) in [6, 6.07) is 6.67. The van der Waals surface area contributed by atoms with Crippen molar-refractivity contribution < 1.29 is 13.2 Å². The van der Waals surface area contributed by atoms with Crippen LogP contribution < -0.4 is 10.0 Å². The number of alkyl halides is 1. The number of sulfonamides is 1. The molecule has 0 bridgehead atoms. The van der Waals surface area contributed by atoms with E-state index in [0.717, 1.165) is 6.26 Å². The predicted molar refractivity (Wildman–Crippen MR) is 130 cm³/mol. The van der Waals surface area contributed by atoms with Gasteiger partial charge in [0, 0.05) is 29.7 Å². The standard InChI is InChI=1S/C10H13N3O3S.C3H4Cl2.C3H6.2C2H6/c1-12-8-6-4-3-5-7(8)9(11)10(14)13-17(2,15)16;4-2-1-3-5;1-3-2;2*1-2/h3-6,11-12H,1-2H3,(H,13,14);1-2H,3H2;3H,1H2,2H3;2*1-2H3/b;2-1+;;;. The zero-order valence-electron chi connectivity index (χ0n) is 18.3. The molecule has 0 aliphatic rings. The largest absolute Gasteiger partial charge is 0.388 e. The molecule has 0 aliphatic heterocycles. The molecule has 0 radical (unpaired) electrons. The van der Waals surface area contributed by atoms with Crippen LogP contribution in [-0.2, 0) is 14.8 Å². The smallest absolute Gasteiger partial charge is 0.283 e. The minimum atomic E-state index is -3.66. The Labute approximate surface area is 186 Å². The van der Waals surface area contributed by atoms with Gasteiger partial charge in [-0.3, -0.25) is 10.2 Å². The fraction of sp³-hybridized carbons (Fsp3) is 0.400. The Bertz CT molecular complexity index is 692. The molecule has 0 fully saturated rings. The summed E-state index contributed by atoms with van der Waals surface area (Å²) in [5, 5.41) is 10.5. The summed E-state index contributed by atoms with van der Waals surface area (Å²) in [7, 11) is -2.00. The number of hydrogen-bond acceptors (Lipinski definition) is 5. The minimum Gasteiger partial charge on any atom is -0.388 e. The molecule has 0 unspecified atom stereocenters. The van der Waals surface area contributed by atoms with Crippen LogP contribution in [0.2, 0.25) is 0 Å². The van der Waals surface area contributed by atoms with E-state index in [9.17, 15) is 13.2 Å². The second kappa shape index (κ2) is 24.2. The molecule has 9 heteroatoms. The molecule has 0 aromatic heterocycles. The lowest BCUT2D eigenvalue weighted by atomic mass is 10.1. The molecular weight excluding hydrogens is 433 g/mol. The van der Waals surface area contributed by atoms with Gasteiger partial charge in [-0.05, 0) is 13.0 Å². The van der Waals surface area contributed by atoms with E-state index in [4.69, 9.17) is 28.6 Å². The molecule has 1 rings (SSSR count). The molecule has 1 aromatic carbocycles. The maximum absolute atomic E-state index is 11.5. The quantitative estimate of drug-likeness (QED) is 0.306. The third-order valence-corrected chi connectivity index (χ3v) is 3.06. The first-order valence-corrected chi connectivity index (χ1v) is 11.8. The number of amides is 1. The highest BCUT2D eigenvalue weighted by Gasteiger charge is 2.17. The van der Waals surface area contributed by atoms with Crippen molar-refractivity contribution in [2.24, 2.45) is 0 Å². The lowest BCUT2D eigenvalue weighted by Crippen LogP contribution is -2.35. The van der Waals surface area contributed by atoms with Crippen LogP contribution in [0.3, 0.4) is 0 Å². The minimum absolute atomic E-state index is 0.344. The van der Waals surface area contributed by atoms with E-state index in [2.05, 4.69) is 11.9 Å². The van der Waals surface area contributed by atoms with E-state index in [1.54, 1.807) is 48.2 Å². The predicted octanol–water partition coefficient (Wildman–Crippen LogP) is 5.39. The van der Waals surface area contributed by atoms with Gasteiger partial charge in [-0.25, -0.2) is 13.1 Å². The Kier molecular flexibility index (Phi) is 28.9. The van der Waals surface area contributed by atoms with Gasteiger partial charge in [0.25, 0.3) is 5.91 Å². The zero-order chi connectivity index (χ0) is 23.9. The first-order chi connectivity index (χ1) is 13.7. The molecule has 0 saturated heterocycles. The Morgan fingerprint density at radius 2 is 1.66 bits per heavy atom. The first-order valence-electron chi connectivity index (χ1n) is 8.94. The number of rotatable bonds is 5. The number of para-hydroxylation sites is 1. The number of nitrogens with one attached hydrogen (secondary N) is 3. The van der Waals surface area contributed by atoms with Crippen molar-refractivity contribution in [2.75, 3.05) is 24.5 Å². The van der Waals surface area contributed by atoms with Gasteiger partial charge < -0.3 is 5.32 Å². The van der Waals surface area contributed by atoms with Crippen LogP contribution in [0.1, 0.15) is 40.2 Å². The van der Waals surface area contributed by atoms with Gasteiger partial charge in [0.05, 0.1) is 6.26 Å². The fourth-order valence-corrected chi connectivity index (χ4v) is 2.00. The lowest BCUT2D eigenvalue weighted by Gasteiger charge is -2.09. The molecule has 3 N–H and O–H groups in total. The van der Waals surface area contributed by atoms with Crippen LogP contribution in [0.25, 0.3) is 0 Å². The molecule has 0 saturated carbocycles. The van der Waals surface area contributed by atoms with Crippen LogP contribution in [-0.4, -0.2) is 39.2 Å². The van der Waals surface area contributed by atoms with Crippen molar-refractivity contribution in [2.45, 2.75) is 34.6 Å². The Hall–Kier alpha value is -1.83. The maximum atomic E-state index is 11.5. The average molecular weight is 468 g/mol. The van der Waals surface area contributed by atoms with Crippen molar-refractivity contribution in [1.29, 1.82) is 5.41 Å². The molecule has 1 amide bonds. The fourth-order valence-electron chi connectivity index (χ4n) is 1.29. The van der Waals surface area contributed by atoms with E-state index >= 15 is 0 Å². The molecule has 6 nitrogen and oxygen atoms in total.